The number of likely N-dealkylation sites (tertiary alicyclic amines) is 1. The average molecular weight is 489 g/mol. The van der Waals surface area contributed by atoms with Gasteiger partial charge in [0.25, 0.3) is 11.8 Å². The third-order valence-electron chi connectivity index (χ3n) is 5.16. The van der Waals surface area contributed by atoms with Crippen molar-refractivity contribution in [3.63, 3.8) is 0 Å². The topological polar surface area (TPSA) is 88.8 Å². The van der Waals surface area contributed by atoms with Gasteiger partial charge in [0, 0.05) is 31.9 Å². The minimum atomic E-state index is -4.68. The molecule has 34 heavy (non-hydrogen) atoms. The molecular formula is C19H14F7N7O. The summed E-state index contributed by atoms with van der Waals surface area (Å²) in [6, 6.07) is -0.0833. The van der Waals surface area contributed by atoms with Crippen LogP contribution in [0.2, 0.25) is 0 Å². The van der Waals surface area contributed by atoms with Crippen LogP contribution < -0.4 is 5.32 Å². The fourth-order valence-electron chi connectivity index (χ4n) is 3.47. The van der Waals surface area contributed by atoms with E-state index >= 15 is 0 Å². The van der Waals surface area contributed by atoms with Crippen LogP contribution in [-0.2, 0) is 6.18 Å². The lowest BCUT2D eigenvalue weighted by atomic mass is 10.1. The standard InChI is InChI=1S/C19H14F7N7O/c20-11-1-2-12(33-30-4-5-31-33)14(15(11)21)16(34)32-6-3-18(22,23)13(32)9-29-17-27-7-10(8-28-17)19(24,25)26/h1-2,4-5,7-8,13H,3,6,9H2,(H,27,28,29)/t13-/m1/s1. The van der Waals surface area contributed by atoms with Crippen LogP contribution in [-0.4, -0.2) is 60.8 Å². The highest BCUT2D eigenvalue weighted by Gasteiger charge is 2.51. The number of benzene rings is 1. The molecule has 0 unspecified atom stereocenters. The van der Waals surface area contributed by atoms with Crippen LogP contribution >= 0.6 is 0 Å². The minimum Gasteiger partial charge on any atom is -0.352 e. The summed E-state index contributed by atoms with van der Waals surface area (Å²) in [5, 5.41) is 9.89. The van der Waals surface area contributed by atoms with E-state index in [-0.39, 0.29) is 11.6 Å². The molecule has 8 nitrogen and oxygen atoms in total. The zero-order valence-corrected chi connectivity index (χ0v) is 16.9. The van der Waals surface area contributed by atoms with Crippen molar-refractivity contribution in [1.82, 2.24) is 29.9 Å². The fourth-order valence-corrected chi connectivity index (χ4v) is 3.47. The number of carbonyl (C=O) groups is 1. The average Bonchev–Trinajstić information content (AvgIpc) is 3.41. The quantitative estimate of drug-likeness (QED) is 0.554. The van der Waals surface area contributed by atoms with Gasteiger partial charge in [-0.05, 0) is 12.1 Å². The van der Waals surface area contributed by atoms with Crippen LogP contribution in [0.25, 0.3) is 5.69 Å². The predicted molar refractivity (Wildman–Crippen MR) is 101 cm³/mol. The molecule has 1 saturated heterocycles. The second-order valence-corrected chi connectivity index (χ2v) is 7.27. The molecule has 1 N–H and O–H groups in total. The normalized spacial score (nSPS) is 17.7. The van der Waals surface area contributed by atoms with Crippen molar-refractivity contribution in [1.29, 1.82) is 0 Å². The lowest BCUT2D eigenvalue weighted by Crippen LogP contribution is -2.47. The van der Waals surface area contributed by atoms with Crippen LogP contribution in [0.4, 0.5) is 36.7 Å². The number of nitrogens with zero attached hydrogens (tertiary/aromatic N) is 6. The van der Waals surface area contributed by atoms with Gasteiger partial charge in [0.2, 0.25) is 5.95 Å². The van der Waals surface area contributed by atoms with Crippen molar-refractivity contribution in [3.05, 3.63) is 59.7 Å². The monoisotopic (exact) mass is 489 g/mol. The number of aromatic nitrogens is 5. The van der Waals surface area contributed by atoms with E-state index in [9.17, 15) is 35.5 Å². The lowest BCUT2D eigenvalue weighted by Gasteiger charge is -2.28. The molecule has 1 atom stereocenters. The van der Waals surface area contributed by atoms with Gasteiger partial charge in [0.15, 0.2) is 11.6 Å². The molecule has 0 bridgehead atoms. The van der Waals surface area contributed by atoms with Crippen molar-refractivity contribution in [2.75, 3.05) is 18.4 Å². The Bertz CT molecular complexity index is 1180. The molecule has 0 aliphatic carbocycles. The number of rotatable bonds is 5. The van der Waals surface area contributed by atoms with E-state index in [1.54, 1.807) is 0 Å². The smallest absolute Gasteiger partial charge is 0.352 e. The van der Waals surface area contributed by atoms with Gasteiger partial charge in [-0.2, -0.15) is 28.2 Å². The number of hydrogen-bond donors (Lipinski definition) is 1. The van der Waals surface area contributed by atoms with Gasteiger partial charge >= 0.3 is 6.18 Å². The number of carbonyl (C=O) groups excluding carboxylic acids is 1. The highest BCUT2D eigenvalue weighted by molar-refractivity contribution is 5.98. The van der Waals surface area contributed by atoms with E-state index in [0.29, 0.717) is 17.3 Å². The molecule has 1 fully saturated rings. The molecule has 1 aliphatic heterocycles. The minimum absolute atomic E-state index is 0.262. The Kier molecular flexibility index (Phi) is 5.87. The first-order chi connectivity index (χ1) is 16.0. The molecule has 0 saturated carbocycles. The van der Waals surface area contributed by atoms with Gasteiger partial charge in [-0.3, -0.25) is 4.79 Å². The summed E-state index contributed by atoms with van der Waals surface area (Å²) in [5.41, 5.74) is -2.24. The van der Waals surface area contributed by atoms with Gasteiger partial charge in [0.05, 0.1) is 18.0 Å². The molecule has 15 heteroatoms. The van der Waals surface area contributed by atoms with E-state index in [4.69, 9.17) is 0 Å². The first-order valence-corrected chi connectivity index (χ1v) is 9.65. The molecular weight excluding hydrogens is 475 g/mol. The zero-order chi connectivity index (χ0) is 24.7. The molecule has 1 aromatic carbocycles. The molecule has 1 amide bonds. The summed E-state index contributed by atoms with van der Waals surface area (Å²) in [7, 11) is 0. The fraction of sp³-hybridized carbons (Fsp3) is 0.316. The highest BCUT2D eigenvalue weighted by atomic mass is 19.4. The van der Waals surface area contributed by atoms with E-state index < -0.39 is 66.3 Å². The van der Waals surface area contributed by atoms with E-state index in [0.717, 1.165) is 16.9 Å². The first-order valence-electron chi connectivity index (χ1n) is 9.65. The van der Waals surface area contributed by atoms with Crippen molar-refractivity contribution in [3.8, 4) is 5.69 Å². The van der Waals surface area contributed by atoms with Crippen molar-refractivity contribution in [2.24, 2.45) is 0 Å². The van der Waals surface area contributed by atoms with Crippen molar-refractivity contribution < 1.29 is 35.5 Å². The molecule has 2 aromatic heterocycles. The maximum absolute atomic E-state index is 14.7. The predicted octanol–water partition coefficient (Wildman–Crippen LogP) is 3.32. The van der Waals surface area contributed by atoms with Crippen LogP contribution in [0, 0.1) is 11.6 Å². The maximum Gasteiger partial charge on any atom is 0.419 e. The van der Waals surface area contributed by atoms with Crippen LogP contribution in [0.3, 0.4) is 0 Å². The second kappa shape index (κ2) is 8.53. The third-order valence-corrected chi connectivity index (χ3v) is 5.16. The summed E-state index contributed by atoms with van der Waals surface area (Å²) < 4.78 is 95.7. The van der Waals surface area contributed by atoms with Crippen LogP contribution in [0.1, 0.15) is 22.3 Å². The Balaban J connectivity index is 1.61. The lowest BCUT2D eigenvalue weighted by molar-refractivity contribution is -0.138. The van der Waals surface area contributed by atoms with Gasteiger partial charge in [-0.15, -0.1) is 0 Å². The second-order valence-electron chi connectivity index (χ2n) is 7.27. The largest absolute Gasteiger partial charge is 0.419 e. The molecule has 1 aliphatic rings. The first kappa shape index (κ1) is 23.4. The number of nitrogens with one attached hydrogen (secondary N) is 1. The van der Waals surface area contributed by atoms with Crippen molar-refractivity contribution >= 4 is 11.9 Å². The Labute approximate surface area is 186 Å². The van der Waals surface area contributed by atoms with Crippen LogP contribution in [0.5, 0.6) is 0 Å². The molecule has 4 rings (SSSR count). The molecule has 180 valence electrons. The Morgan fingerprint density at radius 3 is 2.38 bits per heavy atom. The summed E-state index contributed by atoms with van der Waals surface area (Å²) in [4.78, 5) is 21.5. The maximum atomic E-state index is 14.7. The number of hydrogen-bond acceptors (Lipinski definition) is 6. The Morgan fingerprint density at radius 2 is 1.76 bits per heavy atom. The van der Waals surface area contributed by atoms with E-state index in [1.807, 2.05) is 0 Å². The Hall–Kier alpha value is -3.78. The summed E-state index contributed by atoms with van der Waals surface area (Å²) in [6.45, 7) is -1.16. The van der Waals surface area contributed by atoms with Crippen molar-refractivity contribution in [2.45, 2.75) is 24.6 Å². The summed E-state index contributed by atoms with van der Waals surface area (Å²) in [6.07, 6.45) is -2.08. The summed E-state index contributed by atoms with van der Waals surface area (Å²) in [5.74, 6) is -8.00. The zero-order valence-electron chi connectivity index (χ0n) is 16.9. The molecule has 0 radical (unpaired) electrons. The number of amides is 1. The molecule has 3 aromatic rings. The third kappa shape index (κ3) is 4.36. The van der Waals surface area contributed by atoms with Gasteiger partial charge in [-0.1, -0.05) is 0 Å². The Morgan fingerprint density at radius 1 is 1.12 bits per heavy atom. The van der Waals surface area contributed by atoms with Gasteiger partial charge in [0.1, 0.15) is 17.3 Å². The van der Waals surface area contributed by atoms with E-state index in [2.05, 4.69) is 25.5 Å². The van der Waals surface area contributed by atoms with Gasteiger partial charge < -0.3 is 10.2 Å². The SMILES string of the molecule is O=C(c1c(-n2nccn2)ccc(F)c1F)N1CCC(F)(F)[C@H]1CNc1ncc(C(F)(F)F)cn1. The van der Waals surface area contributed by atoms with Crippen LogP contribution in [0.15, 0.2) is 36.9 Å². The van der Waals surface area contributed by atoms with E-state index in [1.165, 1.54) is 12.4 Å². The number of halogens is 7. The van der Waals surface area contributed by atoms with Gasteiger partial charge in [-0.25, -0.2) is 27.5 Å². The summed E-state index contributed by atoms with van der Waals surface area (Å²) >= 11 is 0. The number of anilines is 1. The molecule has 0 spiro atoms. The molecule has 3 heterocycles. The number of alkyl halides is 5. The highest BCUT2D eigenvalue weighted by Crippen LogP contribution is 2.36.